The van der Waals surface area contributed by atoms with Crippen LogP contribution in [0.5, 0.6) is 0 Å². The van der Waals surface area contributed by atoms with E-state index in [1.807, 2.05) is 0 Å². The summed E-state index contributed by atoms with van der Waals surface area (Å²) in [6.45, 7) is 1.13. The largest absolute Gasteiger partial charge is 0.416 e. The van der Waals surface area contributed by atoms with E-state index in [1.54, 1.807) is 15.9 Å². The fourth-order valence-electron chi connectivity index (χ4n) is 3.72. The van der Waals surface area contributed by atoms with E-state index in [0.29, 0.717) is 31.9 Å². The lowest BCUT2D eigenvalue weighted by Gasteiger charge is -2.36. The van der Waals surface area contributed by atoms with Crippen molar-refractivity contribution in [2.45, 2.75) is 25.1 Å². The van der Waals surface area contributed by atoms with Crippen molar-refractivity contribution in [3.63, 3.8) is 0 Å². The van der Waals surface area contributed by atoms with E-state index in [9.17, 15) is 27.6 Å². The highest BCUT2D eigenvalue weighted by molar-refractivity contribution is 6.04. The van der Waals surface area contributed by atoms with Crippen LogP contribution in [0.15, 0.2) is 24.3 Å². The van der Waals surface area contributed by atoms with Crippen LogP contribution in [0.25, 0.3) is 0 Å². The van der Waals surface area contributed by atoms with E-state index in [0.717, 1.165) is 29.9 Å². The van der Waals surface area contributed by atoms with Crippen LogP contribution in [0.2, 0.25) is 0 Å². The quantitative estimate of drug-likeness (QED) is 0.710. The lowest BCUT2D eigenvalue weighted by atomic mass is 10.1. The lowest BCUT2D eigenvalue weighted by molar-refractivity contribution is -0.137. The minimum absolute atomic E-state index is 0.0279. The van der Waals surface area contributed by atoms with Gasteiger partial charge in [-0.1, -0.05) is 6.07 Å². The summed E-state index contributed by atoms with van der Waals surface area (Å²) >= 11 is 0. The van der Waals surface area contributed by atoms with Gasteiger partial charge in [-0.05, 0) is 31.0 Å². The van der Waals surface area contributed by atoms with Gasteiger partial charge in [0.1, 0.15) is 13.1 Å². The van der Waals surface area contributed by atoms with E-state index in [-0.39, 0.29) is 30.9 Å². The molecule has 0 aromatic heterocycles. The number of imide groups is 1. The summed E-state index contributed by atoms with van der Waals surface area (Å²) in [6, 6.07) is 4.81. The van der Waals surface area contributed by atoms with Gasteiger partial charge in [0.25, 0.3) is 5.91 Å². The number of benzene rings is 1. The average molecular weight is 410 g/mol. The topological polar surface area (TPSA) is 64.2 Å². The summed E-state index contributed by atoms with van der Waals surface area (Å²) in [7, 11) is 0. The predicted octanol–water partition coefficient (Wildman–Crippen LogP) is 1.78. The summed E-state index contributed by atoms with van der Waals surface area (Å²) in [5.41, 5.74) is -0.253. The van der Waals surface area contributed by atoms with Gasteiger partial charge in [-0.2, -0.15) is 13.2 Å². The lowest BCUT2D eigenvalue weighted by Crippen LogP contribution is -2.52. The molecule has 29 heavy (non-hydrogen) atoms. The third-order valence-electron chi connectivity index (χ3n) is 5.54. The number of urea groups is 1. The number of rotatable bonds is 4. The normalized spacial score (nSPS) is 20.7. The maximum Gasteiger partial charge on any atom is 0.416 e. The number of carbonyl (C=O) groups is 3. The molecule has 7 nitrogen and oxygen atoms in total. The molecule has 0 radical (unpaired) electrons. The molecular weight excluding hydrogens is 389 g/mol. The molecule has 1 aromatic carbocycles. The van der Waals surface area contributed by atoms with Gasteiger partial charge in [0.05, 0.1) is 5.56 Å². The number of hydrogen-bond donors (Lipinski definition) is 0. The van der Waals surface area contributed by atoms with Crippen LogP contribution in [0.3, 0.4) is 0 Å². The van der Waals surface area contributed by atoms with Gasteiger partial charge in [-0.25, -0.2) is 4.79 Å². The second kappa shape index (κ2) is 7.23. The van der Waals surface area contributed by atoms with Crippen molar-refractivity contribution in [2.24, 2.45) is 0 Å². The molecule has 0 N–H and O–H groups in total. The van der Waals surface area contributed by atoms with Crippen molar-refractivity contribution >= 4 is 23.5 Å². The first kappa shape index (κ1) is 19.5. The molecule has 3 fully saturated rings. The Labute approximate surface area is 165 Å². The molecule has 2 heterocycles. The molecule has 156 valence electrons. The van der Waals surface area contributed by atoms with Crippen molar-refractivity contribution in [3.05, 3.63) is 29.8 Å². The number of hydrogen-bond acceptors (Lipinski definition) is 4. The molecule has 0 atom stereocenters. The zero-order chi connectivity index (χ0) is 20.8. The molecule has 10 heteroatoms. The van der Waals surface area contributed by atoms with E-state index in [2.05, 4.69) is 0 Å². The molecule has 0 unspecified atom stereocenters. The summed E-state index contributed by atoms with van der Waals surface area (Å²) in [4.78, 5) is 42.8. The van der Waals surface area contributed by atoms with Crippen LogP contribution in [0.4, 0.5) is 23.7 Å². The van der Waals surface area contributed by atoms with Gasteiger partial charge in [0.2, 0.25) is 5.91 Å². The number of alkyl halides is 3. The Morgan fingerprint density at radius 3 is 2.38 bits per heavy atom. The third kappa shape index (κ3) is 4.01. The molecular formula is C19H21F3N4O3. The van der Waals surface area contributed by atoms with Gasteiger partial charge in [0.15, 0.2) is 0 Å². The minimum atomic E-state index is -4.41. The molecule has 1 saturated carbocycles. The molecule has 1 aliphatic carbocycles. The first-order valence-electron chi connectivity index (χ1n) is 9.55. The first-order valence-corrected chi connectivity index (χ1v) is 9.55. The Balaban J connectivity index is 1.33. The molecule has 1 aromatic rings. The number of anilines is 1. The SMILES string of the molecule is O=C(CN1C(=O)CN(C2CC2)C1=O)N1CCN(c2cccc(C(F)(F)F)c2)CC1. The molecule has 2 saturated heterocycles. The maximum absolute atomic E-state index is 12.9. The number of piperazine rings is 1. The molecule has 0 bridgehead atoms. The van der Waals surface area contributed by atoms with Crippen LogP contribution in [-0.4, -0.2) is 77.9 Å². The fourth-order valence-corrected chi connectivity index (χ4v) is 3.72. The molecule has 2 aliphatic heterocycles. The Kier molecular flexibility index (Phi) is 4.87. The summed E-state index contributed by atoms with van der Waals surface area (Å²) < 4.78 is 38.7. The fraction of sp³-hybridized carbons (Fsp3) is 0.526. The molecule has 4 rings (SSSR count). The second-order valence-electron chi connectivity index (χ2n) is 7.54. The van der Waals surface area contributed by atoms with Crippen LogP contribution in [0.1, 0.15) is 18.4 Å². The Hall–Kier alpha value is -2.78. The van der Waals surface area contributed by atoms with Crippen molar-refractivity contribution < 1.29 is 27.6 Å². The number of carbonyl (C=O) groups excluding carboxylic acids is 3. The summed E-state index contributed by atoms with van der Waals surface area (Å²) in [6.07, 6.45) is -2.63. The minimum Gasteiger partial charge on any atom is -0.368 e. The van der Waals surface area contributed by atoms with Crippen molar-refractivity contribution in [1.82, 2.24) is 14.7 Å². The molecule has 0 spiro atoms. The van der Waals surface area contributed by atoms with Crippen LogP contribution in [-0.2, 0) is 15.8 Å². The van der Waals surface area contributed by atoms with Gasteiger partial charge < -0.3 is 14.7 Å². The second-order valence-corrected chi connectivity index (χ2v) is 7.54. The smallest absolute Gasteiger partial charge is 0.368 e. The van der Waals surface area contributed by atoms with Gasteiger partial charge in [-0.15, -0.1) is 0 Å². The molecule has 4 amide bonds. The van der Waals surface area contributed by atoms with E-state index < -0.39 is 17.8 Å². The van der Waals surface area contributed by atoms with E-state index >= 15 is 0 Å². The zero-order valence-electron chi connectivity index (χ0n) is 15.7. The highest BCUT2D eigenvalue weighted by Crippen LogP contribution is 2.32. The van der Waals surface area contributed by atoms with Crippen molar-refractivity contribution in [1.29, 1.82) is 0 Å². The average Bonchev–Trinajstić information content (AvgIpc) is 3.50. The van der Waals surface area contributed by atoms with Gasteiger partial charge >= 0.3 is 12.2 Å². The first-order chi connectivity index (χ1) is 13.7. The highest BCUT2D eigenvalue weighted by atomic mass is 19.4. The maximum atomic E-state index is 12.9. The highest BCUT2D eigenvalue weighted by Gasteiger charge is 2.44. The third-order valence-corrected chi connectivity index (χ3v) is 5.54. The summed E-state index contributed by atoms with van der Waals surface area (Å²) in [5, 5.41) is 0. The van der Waals surface area contributed by atoms with E-state index in [4.69, 9.17) is 0 Å². The monoisotopic (exact) mass is 410 g/mol. The van der Waals surface area contributed by atoms with Crippen LogP contribution >= 0.6 is 0 Å². The zero-order valence-corrected chi connectivity index (χ0v) is 15.7. The molecule has 3 aliphatic rings. The van der Waals surface area contributed by atoms with Crippen molar-refractivity contribution in [2.75, 3.05) is 44.2 Å². The number of halogens is 3. The van der Waals surface area contributed by atoms with Crippen LogP contribution in [0, 0.1) is 0 Å². The van der Waals surface area contributed by atoms with Crippen molar-refractivity contribution in [3.8, 4) is 0 Å². The Bertz CT molecular complexity index is 832. The van der Waals surface area contributed by atoms with E-state index in [1.165, 1.54) is 11.0 Å². The summed E-state index contributed by atoms with van der Waals surface area (Å²) in [5.74, 6) is -0.689. The Morgan fingerprint density at radius 1 is 1.07 bits per heavy atom. The number of nitrogens with zero attached hydrogens (tertiary/aromatic N) is 4. The van der Waals surface area contributed by atoms with Gasteiger partial charge in [-0.3, -0.25) is 14.5 Å². The van der Waals surface area contributed by atoms with Crippen LogP contribution < -0.4 is 4.90 Å². The number of amides is 4. The Morgan fingerprint density at radius 2 is 1.76 bits per heavy atom. The van der Waals surface area contributed by atoms with Gasteiger partial charge in [0, 0.05) is 37.9 Å². The predicted molar refractivity (Wildman–Crippen MR) is 97.1 cm³/mol. The standard InChI is InChI=1S/C19H21F3N4O3/c20-19(21,22)13-2-1-3-15(10-13)23-6-8-24(9-7-23)16(27)11-26-17(28)12-25(18(26)29)14-4-5-14/h1-3,10,14H,4-9,11-12H2.